The lowest BCUT2D eigenvalue weighted by Crippen LogP contribution is -2.06. The first-order valence-electron chi connectivity index (χ1n) is 5.49. The second kappa shape index (κ2) is 11.0. The van der Waals surface area contributed by atoms with Gasteiger partial charge in [0.15, 0.2) is 0 Å². The van der Waals surface area contributed by atoms with Gasteiger partial charge in [0.25, 0.3) is 0 Å². The molecule has 17 heavy (non-hydrogen) atoms. The molecule has 0 aliphatic carbocycles. The van der Waals surface area contributed by atoms with Gasteiger partial charge >= 0.3 is 5.97 Å². The Morgan fingerprint density at radius 3 is 2.65 bits per heavy atom. The van der Waals surface area contributed by atoms with Crippen LogP contribution in [0.5, 0.6) is 0 Å². The van der Waals surface area contributed by atoms with Crippen molar-refractivity contribution in [2.75, 3.05) is 6.61 Å². The van der Waals surface area contributed by atoms with Crippen LogP contribution in [-0.2, 0) is 9.53 Å². The van der Waals surface area contributed by atoms with Crippen molar-refractivity contribution < 1.29 is 9.53 Å². The third kappa shape index (κ3) is 8.33. The number of hydrogen-bond acceptors (Lipinski definition) is 5. The zero-order valence-corrected chi connectivity index (χ0v) is 11.2. The number of esters is 1. The van der Waals surface area contributed by atoms with Gasteiger partial charge in [0.2, 0.25) is 0 Å². The minimum absolute atomic E-state index is 0.358. The molecule has 1 aromatic carbocycles. The maximum atomic E-state index is 10.8. The van der Waals surface area contributed by atoms with Crippen LogP contribution >= 0.6 is 11.9 Å². The van der Waals surface area contributed by atoms with Gasteiger partial charge in [0.1, 0.15) is 6.21 Å². The average molecular weight is 254 g/mol. The second-order valence-electron chi connectivity index (χ2n) is 2.52. The molecule has 0 radical (unpaired) electrons. The van der Waals surface area contributed by atoms with Crippen molar-refractivity contribution in [1.82, 2.24) is 4.83 Å². The molecule has 0 aliphatic heterocycles. The molecule has 0 saturated carbocycles. The molecular formula is C12H18N2O2S. The van der Waals surface area contributed by atoms with Crippen molar-refractivity contribution in [1.29, 1.82) is 0 Å². The van der Waals surface area contributed by atoms with Crippen molar-refractivity contribution in [3.05, 3.63) is 30.3 Å². The van der Waals surface area contributed by atoms with E-state index in [-0.39, 0.29) is 0 Å². The Labute approximate surface area is 107 Å². The Hall–Kier alpha value is -1.49. The predicted molar refractivity (Wildman–Crippen MR) is 71.9 cm³/mol. The predicted octanol–water partition coefficient (Wildman–Crippen LogP) is 2.86. The third-order valence-corrected chi connectivity index (χ3v) is 2.12. The molecule has 0 amide bonds. The average Bonchev–Trinajstić information content (AvgIpc) is 2.39. The molecule has 1 rings (SSSR count). The molecular weight excluding hydrogens is 236 g/mol. The Kier molecular flexibility index (Phi) is 10.0. The summed E-state index contributed by atoms with van der Waals surface area (Å²) in [5, 5.41) is 3.70. The standard InChI is InChI=1S/C10H12N2O2S.C2H6/c1-2-14-10(13)8-11-12-15-9-6-4-3-5-7-9;1-2/h3-8,12H,2H2,1H3;1-2H3/b11-8+;. The SMILES string of the molecule is CC.CCOC(=O)/C=N/NSc1ccccc1. The largest absolute Gasteiger partial charge is 0.462 e. The minimum atomic E-state index is -0.446. The lowest BCUT2D eigenvalue weighted by atomic mass is 10.4. The van der Waals surface area contributed by atoms with Crippen LogP contribution in [0, 0.1) is 0 Å². The summed E-state index contributed by atoms with van der Waals surface area (Å²) in [7, 11) is 0. The molecule has 0 aliphatic rings. The lowest BCUT2D eigenvalue weighted by molar-refractivity contribution is -0.134. The second-order valence-corrected chi connectivity index (χ2v) is 3.37. The van der Waals surface area contributed by atoms with E-state index < -0.39 is 5.97 Å². The first kappa shape index (κ1) is 15.5. The highest BCUT2D eigenvalue weighted by Crippen LogP contribution is 2.12. The minimum Gasteiger partial charge on any atom is -0.462 e. The van der Waals surface area contributed by atoms with Gasteiger partial charge < -0.3 is 4.74 Å². The monoisotopic (exact) mass is 254 g/mol. The Bertz CT molecular complexity index is 329. The molecule has 1 aromatic rings. The van der Waals surface area contributed by atoms with Crippen molar-refractivity contribution in [3.8, 4) is 0 Å². The number of carbonyl (C=O) groups is 1. The van der Waals surface area contributed by atoms with Gasteiger partial charge in [-0.1, -0.05) is 32.0 Å². The van der Waals surface area contributed by atoms with Crippen LogP contribution in [0.25, 0.3) is 0 Å². The Balaban J connectivity index is 0.00000121. The van der Waals surface area contributed by atoms with Crippen LogP contribution < -0.4 is 4.83 Å². The normalized spacial score (nSPS) is 9.35. The number of hydrazone groups is 1. The van der Waals surface area contributed by atoms with E-state index in [1.54, 1.807) is 6.92 Å². The van der Waals surface area contributed by atoms with Crippen LogP contribution in [0.3, 0.4) is 0 Å². The summed E-state index contributed by atoms with van der Waals surface area (Å²) < 4.78 is 4.66. The van der Waals surface area contributed by atoms with Gasteiger partial charge in [-0.25, -0.2) is 9.63 Å². The van der Waals surface area contributed by atoms with Gasteiger partial charge in [-0.3, -0.25) is 0 Å². The molecule has 0 fully saturated rings. The van der Waals surface area contributed by atoms with E-state index in [1.807, 2.05) is 44.2 Å². The molecule has 0 unspecified atom stereocenters. The van der Waals surface area contributed by atoms with Crippen LogP contribution in [0.1, 0.15) is 20.8 Å². The first-order chi connectivity index (χ1) is 8.33. The smallest absolute Gasteiger partial charge is 0.351 e. The van der Waals surface area contributed by atoms with Gasteiger partial charge in [-0.2, -0.15) is 5.10 Å². The fourth-order valence-corrected chi connectivity index (χ4v) is 1.33. The number of carbonyl (C=O) groups excluding carboxylic acids is 1. The highest BCUT2D eigenvalue weighted by molar-refractivity contribution is 7.97. The first-order valence-corrected chi connectivity index (χ1v) is 6.31. The van der Waals surface area contributed by atoms with Crippen LogP contribution in [-0.4, -0.2) is 18.8 Å². The fraction of sp³-hybridized carbons (Fsp3) is 0.333. The molecule has 0 aromatic heterocycles. The zero-order valence-electron chi connectivity index (χ0n) is 10.3. The summed E-state index contributed by atoms with van der Waals surface area (Å²) in [6.45, 7) is 6.11. The molecule has 5 heteroatoms. The molecule has 0 spiro atoms. The number of ether oxygens (including phenoxy) is 1. The van der Waals surface area contributed by atoms with Gasteiger partial charge in [-0.15, -0.1) is 0 Å². The van der Waals surface area contributed by atoms with Crippen molar-refractivity contribution in [2.24, 2.45) is 5.10 Å². The van der Waals surface area contributed by atoms with E-state index in [9.17, 15) is 4.79 Å². The van der Waals surface area contributed by atoms with Crippen LogP contribution in [0.2, 0.25) is 0 Å². The van der Waals surface area contributed by atoms with E-state index in [4.69, 9.17) is 0 Å². The Morgan fingerprint density at radius 1 is 1.41 bits per heavy atom. The number of rotatable bonds is 5. The molecule has 1 N–H and O–H groups in total. The molecule has 0 saturated heterocycles. The summed E-state index contributed by atoms with van der Waals surface area (Å²) in [4.78, 5) is 14.5. The molecule has 0 bridgehead atoms. The summed E-state index contributed by atoms with van der Waals surface area (Å²) in [6, 6.07) is 9.68. The Morgan fingerprint density at radius 2 is 2.06 bits per heavy atom. The number of nitrogens with one attached hydrogen (secondary N) is 1. The summed E-state index contributed by atoms with van der Waals surface area (Å²) in [5.74, 6) is -0.446. The van der Waals surface area contributed by atoms with Crippen LogP contribution in [0.4, 0.5) is 0 Å². The van der Waals surface area contributed by atoms with Crippen LogP contribution in [0.15, 0.2) is 40.3 Å². The summed E-state index contributed by atoms with van der Waals surface area (Å²) in [5.41, 5.74) is 0. The van der Waals surface area contributed by atoms with Crippen molar-refractivity contribution >= 4 is 24.1 Å². The maximum absolute atomic E-state index is 10.8. The molecule has 94 valence electrons. The molecule has 4 nitrogen and oxygen atoms in total. The van der Waals surface area contributed by atoms with E-state index in [2.05, 4.69) is 14.7 Å². The van der Waals surface area contributed by atoms with Crippen molar-refractivity contribution in [2.45, 2.75) is 25.7 Å². The quantitative estimate of drug-likeness (QED) is 0.380. The summed E-state index contributed by atoms with van der Waals surface area (Å²) in [6.07, 6.45) is 1.11. The van der Waals surface area contributed by atoms with E-state index in [0.717, 1.165) is 11.1 Å². The topological polar surface area (TPSA) is 50.7 Å². The highest BCUT2D eigenvalue weighted by atomic mass is 32.2. The maximum Gasteiger partial charge on any atom is 0.351 e. The van der Waals surface area contributed by atoms with E-state index in [0.29, 0.717) is 6.61 Å². The van der Waals surface area contributed by atoms with Gasteiger partial charge in [-0.05, 0) is 19.1 Å². The number of hydrogen-bond donors (Lipinski definition) is 1. The highest BCUT2D eigenvalue weighted by Gasteiger charge is 1.93. The van der Waals surface area contributed by atoms with E-state index in [1.165, 1.54) is 11.9 Å². The molecule has 0 heterocycles. The van der Waals surface area contributed by atoms with E-state index >= 15 is 0 Å². The zero-order chi connectivity index (χ0) is 12.9. The molecule has 0 atom stereocenters. The number of benzene rings is 1. The van der Waals surface area contributed by atoms with Crippen molar-refractivity contribution in [3.63, 3.8) is 0 Å². The third-order valence-electron chi connectivity index (χ3n) is 1.42. The van der Waals surface area contributed by atoms with Gasteiger partial charge in [0.05, 0.1) is 6.61 Å². The van der Waals surface area contributed by atoms with Gasteiger partial charge in [0, 0.05) is 16.8 Å². The summed E-state index contributed by atoms with van der Waals surface area (Å²) >= 11 is 1.32. The fourth-order valence-electron chi connectivity index (χ4n) is 0.826. The number of nitrogens with zero attached hydrogens (tertiary/aromatic N) is 1. The lowest BCUT2D eigenvalue weighted by Gasteiger charge is -1.98.